The first-order valence-corrected chi connectivity index (χ1v) is 9.81. The van der Waals surface area contributed by atoms with Crippen LogP contribution in [0.4, 0.5) is 14.5 Å². The number of amides is 1. The average Bonchev–Trinajstić information content (AvgIpc) is 3.17. The van der Waals surface area contributed by atoms with E-state index in [1.807, 2.05) is 0 Å². The molecule has 0 aromatic heterocycles. The Bertz CT molecular complexity index is 927. The minimum absolute atomic E-state index is 0.0184. The van der Waals surface area contributed by atoms with Crippen LogP contribution in [0, 0.1) is 11.6 Å². The van der Waals surface area contributed by atoms with Crippen molar-refractivity contribution in [3.63, 3.8) is 0 Å². The van der Waals surface area contributed by atoms with E-state index >= 15 is 0 Å². The quantitative estimate of drug-likeness (QED) is 0.786. The third-order valence-corrected chi connectivity index (χ3v) is 5.57. The van der Waals surface area contributed by atoms with Crippen LogP contribution >= 0.6 is 0 Å². The zero-order valence-electron chi connectivity index (χ0n) is 14.2. The molecule has 0 aliphatic carbocycles. The number of anilines is 1. The van der Waals surface area contributed by atoms with Gasteiger partial charge in [0.15, 0.2) is 11.6 Å². The number of nitrogens with one attached hydrogen (secondary N) is 2. The molecule has 1 unspecified atom stereocenters. The highest BCUT2D eigenvalue weighted by Crippen LogP contribution is 2.16. The van der Waals surface area contributed by atoms with Gasteiger partial charge in [0.05, 0.1) is 11.0 Å². The minimum atomic E-state index is -3.71. The lowest BCUT2D eigenvalue weighted by Crippen LogP contribution is -2.31. The Morgan fingerprint density at radius 3 is 2.48 bits per heavy atom. The van der Waals surface area contributed by atoms with E-state index in [2.05, 4.69) is 10.0 Å². The van der Waals surface area contributed by atoms with Gasteiger partial charge in [-0.25, -0.2) is 21.9 Å². The number of ether oxygens (including phenoxy) is 1. The zero-order valence-corrected chi connectivity index (χ0v) is 15.1. The fraction of sp³-hybridized carbons (Fsp3) is 0.278. The lowest BCUT2D eigenvalue weighted by Gasteiger charge is -2.12. The van der Waals surface area contributed by atoms with Crippen LogP contribution in [-0.4, -0.2) is 33.6 Å². The van der Waals surface area contributed by atoms with E-state index in [1.165, 1.54) is 30.3 Å². The standard InChI is InChI=1S/C18H18F2N2O4S/c19-16-8-5-13(10-17(16)20)22-18(23)12-3-6-15(7-4-12)27(24,25)21-11-14-2-1-9-26-14/h3-8,10,14,21H,1-2,9,11H2,(H,22,23). The van der Waals surface area contributed by atoms with Gasteiger partial charge in [0.25, 0.3) is 5.91 Å². The summed E-state index contributed by atoms with van der Waals surface area (Å²) in [5, 5.41) is 2.42. The van der Waals surface area contributed by atoms with Crippen LogP contribution in [0.5, 0.6) is 0 Å². The van der Waals surface area contributed by atoms with Crippen molar-refractivity contribution in [2.75, 3.05) is 18.5 Å². The van der Waals surface area contributed by atoms with Crippen LogP contribution in [0.15, 0.2) is 47.4 Å². The largest absolute Gasteiger partial charge is 0.377 e. The Kier molecular flexibility index (Phi) is 5.83. The van der Waals surface area contributed by atoms with Gasteiger partial charge in [-0.1, -0.05) is 0 Å². The van der Waals surface area contributed by atoms with Gasteiger partial charge in [-0.2, -0.15) is 0 Å². The predicted molar refractivity (Wildman–Crippen MR) is 94.9 cm³/mol. The summed E-state index contributed by atoms with van der Waals surface area (Å²) in [6, 6.07) is 8.28. The highest BCUT2D eigenvalue weighted by molar-refractivity contribution is 7.89. The molecule has 2 aromatic carbocycles. The molecule has 2 aromatic rings. The third-order valence-electron chi connectivity index (χ3n) is 4.13. The van der Waals surface area contributed by atoms with Crippen molar-refractivity contribution >= 4 is 21.6 Å². The Morgan fingerprint density at radius 1 is 1.11 bits per heavy atom. The van der Waals surface area contributed by atoms with Gasteiger partial charge in [-0.05, 0) is 49.2 Å². The van der Waals surface area contributed by atoms with E-state index in [0.717, 1.165) is 25.0 Å². The first kappa shape index (κ1) is 19.4. The molecular weight excluding hydrogens is 378 g/mol. The molecule has 0 saturated carbocycles. The number of benzene rings is 2. The van der Waals surface area contributed by atoms with Crippen molar-refractivity contribution in [3.8, 4) is 0 Å². The summed E-state index contributed by atoms with van der Waals surface area (Å²) in [5.74, 6) is -2.66. The fourth-order valence-corrected chi connectivity index (χ4v) is 3.72. The summed E-state index contributed by atoms with van der Waals surface area (Å²) in [4.78, 5) is 12.2. The number of rotatable bonds is 6. The predicted octanol–water partition coefficient (Wildman–Crippen LogP) is 2.67. The Hall–Kier alpha value is -2.36. The average molecular weight is 396 g/mol. The normalized spacial score (nSPS) is 17.0. The summed E-state index contributed by atoms with van der Waals surface area (Å²) < 4.78 is 58.5. The second-order valence-electron chi connectivity index (χ2n) is 6.09. The van der Waals surface area contributed by atoms with Crippen molar-refractivity contribution in [3.05, 3.63) is 59.7 Å². The molecule has 0 bridgehead atoms. The summed E-state index contributed by atoms with van der Waals surface area (Å²) in [7, 11) is -3.71. The maximum atomic E-state index is 13.2. The van der Waals surface area contributed by atoms with Crippen molar-refractivity contribution in [2.24, 2.45) is 0 Å². The first-order valence-electron chi connectivity index (χ1n) is 8.33. The molecule has 27 heavy (non-hydrogen) atoms. The summed E-state index contributed by atoms with van der Waals surface area (Å²) in [5.41, 5.74) is 0.270. The van der Waals surface area contributed by atoms with Crippen molar-refractivity contribution in [1.29, 1.82) is 0 Å². The number of halogens is 2. The molecule has 2 N–H and O–H groups in total. The summed E-state index contributed by atoms with van der Waals surface area (Å²) in [6.07, 6.45) is 1.60. The first-order chi connectivity index (χ1) is 12.8. The molecule has 0 radical (unpaired) electrons. The third kappa shape index (κ3) is 4.88. The molecule has 0 spiro atoms. The smallest absolute Gasteiger partial charge is 0.255 e. The molecular formula is C18H18F2N2O4S. The number of hydrogen-bond donors (Lipinski definition) is 2. The van der Waals surface area contributed by atoms with Crippen LogP contribution in [0.1, 0.15) is 23.2 Å². The van der Waals surface area contributed by atoms with Crippen molar-refractivity contribution < 1.29 is 26.7 Å². The van der Waals surface area contributed by atoms with E-state index in [1.54, 1.807) is 0 Å². The number of carbonyl (C=O) groups excluding carboxylic acids is 1. The van der Waals surface area contributed by atoms with Crippen LogP contribution in [0.3, 0.4) is 0 Å². The molecule has 1 saturated heterocycles. The van der Waals surface area contributed by atoms with E-state index in [4.69, 9.17) is 4.74 Å². The molecule has 1 amide bonds. The second-order valence-corrected chi connectivity index (χ2v) is 7.86. The lowest BCUT2D eigenvalue weighted by molar-refractivity contribution is 0.102. The highest BCUT2D eigenvalue weighted by Gasteiger charge is 2.20. The maximum absolute atomic E-state index is 13.2. The van der Waals surface area contributed by atoms with Crippen LogP contribution in [0.25, 0.3) is 0 Å². The van der Waals surface area contributed by atoms with E-state index in [9.17, 15) is 22.0 Å². The Labute approximate surface area is 155 Å². The molecule has 1 aliphatic rings. The fourth-order valence-electron chi connectivity index (χ4n) is 2.65. The van der Waals surface area contributed by atoms with Gasteiger partial charge >= 0.3 is 0 Å². The SMILES string of the molecule is O=C(Nc1ccc(F)c(F)c1)c1ccc(S(=O)(=O)NCC2CCCO2)cc1. The zero-order chi connectivity index (χ0) is 19.4. The summed E-state index contributed by atoms with van der Waals surface area (Å²) in [6.45, 7) is 0.828. The molecule has 1 heterocycles. The van der Waals surface area contributed by atoms with Crippen molar-refractivity contribution in [2.45, 2.75) is 23.8 Å². The molecule has 144 valence electrons. The number of sulfonamides is 1. The maximum Gasteiger partial charge on any atom is 0.255 e. The van der Waals surface area contributed by atoms with Gasteiger partial charge < -0.3 is 10.1 Å². The van der Waals surface area contributed by atoms with Crippen LogP contribution in [-0.2, 0) is 14.8 Å². The van der Waals surface area contributed by atoms with Gasteiger partial charge in [0.1, 0.15) is 0 Å². The monoisotopic (exact) mass is 396 g/mol. The Morgan fingerprint density at radius 2 is 1.85 bits per heavy atom. The van der Waals surface area contributed by atoms with E-state index in [0.29, 0.717) is 6.61 Å². The highest BCUT2D eigenvalue weighted by atomic mass is 32.2. The number of hydrogen-bond acceptors (Lipinski definition) is 4. The van der Waals surface area contributed by atoms with Gasteiger partial charge in [-0.3, -0.25) is 4.79 Å². The van der Waals surface area contributed by atoms with Gasteiger partial charge in [0.2, 0.25) is 10.0 Å². The molecule has 9 heteroatoms. The minimum Gasteiger partial charge on any atom is -0.377 e. The molecule has 1 aliphatic heterocycles. The molecule has 3 rings (SSSR count). The second kappa shape index (κ2) is 8.12. The molecule has 1 fully saturated rings. The van der Waals surface area contributed by atoms with E-state index in [-0.39, 0.29) is 28.8 Å². The topological polar surface area (TPSA) is 84.5 Å². The van der Waals surface area contributed by atoms with E-state index < -0.39 is 27.6 Å². The van der Waals surface area contributed by atoms with Crippen molar-refractivity contribution in [1.82, 2.24) is 4.72 Å². The van der Waals surface area contributed by atoms with Gasteiger partial charge in [-0.15, -0.1) is 0 Å². The lowest BCUT2D eigenvalue weighted by atomic mass is 10.2. The molecule has 6 nitrogen and oxygen atoms in total. The van der Waals surface area contributed by atoms with Crippen LogP contribution in [0.2, 0.25) is 0 Å². The molecule has 1 atom stereocenters. The van der Waals surface area contributed by atoms with Gasteiger partial charge in [0, 0.05) is 30.5 Å². The Balaban J connectivity index is 1.64. The van der Waals surface area contributed by atoms with Crippen LogP contribution < -0.4 is 10.0 Å². The number of carbonyl (C=O) groups is 1. The summed E-state index contributed by atoms with van der Waals surface area (Å²) >= 11 is 0.